The molecule has 0 amide bonds. The van der Waals surface area contributed by atoms with Crippen LogP contribution in [0.5, 0.6) is 0 Å². The van der Waals surface area contributed by atoms with E-state index in [2.05, 4.69) is 20.8 Å². The Balaban J connectivity index is 4.10. The third-order valence-corrected chi connectivity index (χ3v) is 10.1. The van der Waals surface area contributed by atoms with Gasteiger partial charge in [-0.3, -0.25) is 14.4 Å². The maximum absolute atomic E-state index is 12.6. The van der Waals surface area contributed by atoms with E-state index in [9.17, 15) is 14.4 Å². The van der Waals surface area contributed by atoms with E-state index in [0.717, 1.165) is 64.2 Å². The van der Waals surface area contributed by atoms with Gasteiger partial charge in [0.2, 0.25) is 0 Å². The number of rotatable bonds is 41. The summed E-state index contributed by atoms with van der Waals surface area (Å²) in [5.41, 5.74) is 0. The van der Waals surface area contributed by atoms with Crippen LogP contribution in [0.4, 0.5) is 0 Å². The quantitative estimate of drug-likeness (QED) is 0.0355. The maximum Gasteiger partial charge on any atom is 0.306 e. The molecule has 0 N–H and O–H groups in total. The Bertz CT molecular complexity index is 753. The Labute approximate surface area is 317 Å². The van der Waals surface area contributed by atoms with Gasteiger partial charge in [0.05, 0.1) is 0 Å². The highest BCUT2D eigenvalue weighted by atomic mass is 16.6. The summed E-state index contributed by atoms with van der Waals surface area (Å²) in [7, 11) is 0. The molecule has 0 bridgehead atoms. The van der Waals surface area contributed by atoms with Crippen LogP contribution in [0.15, 0.2) is 0 Å². The second kappa shape index (κ2) is 41.2. The zero-order chi connectivity index (χ0) is 37.3. The zero-order valence-electron chi connectivity index (χ0n) is 34.4. The van der Waals surface area contributed by atoms with Gasteiger partial charge in [-0.1, -0.05) is 213 Å². The van der Waals surface area contributed by atoms with Gasteiger partial charge in [0.15, 0.2) is 6.10 Å². The Hall–Kier alpha value is -1.59. The monoisotopic (exact) mass is 723 g/mol. The van der Waals surface area contributed by atoms with E-state index in [4.69, 9.17) is 14.2 Å². The first-order valence-corrected chi connectivity index (χ1v) is 22.5. The summed E-state index contributed by atoms with van der Waals surface area (Å²) in [5, 5.41) is 0. The average Bonchev–Trinajstić information content (AvgIpc) is 3.12. The summed E-state index contributed by atoms with van der Waals surface area (Å²) in [5.74, 6) is -0.870. The van der Waals surface area contributed by atoms with Gasteiger partial charge >= 0.3 is 17.9 Å². The van der Waals surface area contributed by atoms with Gasteiger partial charge in [0.25, 0.3) is 0 Å². The van der Waals surface area contributed by atoms with E-state index in [1.54, 1.807) is 0 Å². The molecule has 6 nitrogen and oxygen atoms in total. The van der Waals surface area contributed by atoms with Crippen molar-refractivity contribution in [2.75, 3.05) is 13.2 Å². The normalized spacial score (nSPS) is 11.8. The average molecular weight is 723 g/mol. The molecule has 0 rings (SSSR count). The van der Waals surface area contributed by atoms with Gasteiger partial charge in [-0.2, -0.15) is 0 Å². The highest BCUT2D eigenvalue weighted by molar-refractivity contribution is 5.71. The molecule has 0 fully saturated rings. The first-order chi connectivity index (χ1) is 25.0. The standard InChI is InChI=1S/C45H86O6/c1-4-7-10-13-15-17-18-19-20-21-22-23-24-25-26-28-30-33-36-39-45(48)51-42(40-49-43(46)37-34-31-12-9-6-3)41-50-44(47)38-35-32-29-27-16-14-11-8-5-2/h42H,4-41H2,1-3H3/t42-/m0/s1. The molecular weight excluding hydrogens is 636 g/mol. The van der Waals surface area contributed by atoms with Gasteiger partial charge in [0.1, 0.15) is 13.2 Å². The topological polar surface area (TPSA) is 78.9 Å². The smallest absolute Gasteiger partial charge is 0.306 e. The minimum atomic E-state index is -0.756. The molecule has 0 aromatic carbocycles. The molecule has 0 saturated heterocycles. The Kier molecular flexibility index (Phi) is 39.9. The van der Waals surface area contributed by atoms with Gasteiger partial charge in [-0.15, -0.1) is 0 Å². The number of carbonyl (C=O) groups is 3. The van der Waals surface area contributed by atoms with Crippen molar-refractivity contribution in [3.05, 3.63) is 0 Å². The minimum Gasteiger partial charge on any atom is -0.462 e. The molecule has 6 heteroatoms. The van der Waals surface area contributed by atoms with E-state index in [1.165, 1.54) is 148 Å². The zero-order valence-corrected chi connectivity index (χ0v) is 34.4. The van der Waals surface area contributed by atoms with E-state index in [1.807, 2.05) is 0 Å². The second-order valence-electron chi connectivity index (χ2n) is 15.3. The molecule has 51 heavy (non-hydrogen) atoms. The van der Waals surface area contributed by atoms with Crippen LogP contribution in [0, 0.1) is 0 Å². The third kappa shape index (κ3) is 39.5. The van der Waals surface area contributed by atoms with Crippen LogP contribution < -0.4 is 0 Å². The first-order valence-electron chi connectivity index (χ1n) is 22.5. The van der Waals surface area contributed by atoms with Crippen molar-refractivity contribution in [2.45, 2.75) is 258 Å². The van der Waals surface area contributed by atoms with Crippen molar-refractivity contribution < 1.29 is 28.6 Å². The first kappa shape index (κ1) is 49.4. The van der Waals surface area contributed by atoms with Crippen LogP contribution in [-0.4, -0.2) is 37.2 Å². The van der Waals surface area contributed by atoms with Crippen molar-refractivity contribution in [3.63, 3.8) is 0 Å². The lowest BCUT2D eigenvalue weighted by atomic mass is 10.0. The van der Waals surface area contributed by atoms with Crippen molar-refractivity contribution in [1.29, 1.82) is 0 Å². The Morgan fingerprint density at radius 2 is 0.529 bits per heavy atom. The molecule has 0 aliphatic heterocycles. The maximum atomic E-state index is 12.6. The van der Waals surface area contributed by atoms with Gasteiger partial charge in [-0.25, -0.2) is 0 Å². The summed E-state index contributed by atoms with van der Waals surface area (Å²) in [4.78, 5) is 37.3. The highest BCUT2D eigenvalue weighted by Crippen LogP contribution is 2.16. The second-order valence-corrected chi connectivity index (χ2v) is 15.3. The summed E-state index contributed by atoms with van der Waals surface area (Å²) in [6.07, 6.45) is 41.2. The molecule has 0 aromatic rings. The predicted octanol–water partition coefficient (Wildman–Crippen LogP) is 14.1. The molecule has 0 heterocycles. The van der Waals surface area contributed by atoms with Crippen LogP contribution in [0.3, 0.4) is 0 Å². The molecular formula is C45H86O6. The highest BCUT2D eigenvalue weighted by Gasteiger charge is 2.19. The SMILES string of the molecule is CCCCCCCCCCCCCCCCCCCCCC(=O)O[C@@H](COC(=O)CCCCCCC)COC(=O)CCCCCCCCCCC. The minimum absolute atomic E-state index is 0.0645. The third-order valence-electron chi connectivity index (χ3n) is 10.1. The fraction of sp³-hybridized carbons (Fsp3) is 0.933. The van der Waals surface area contributed by atoms with Crippen LogP contribution >= 0.6 is 0 Å². The van der Waals surface area contributed by atoms with Crippen LogP contribution in [0.25, 0.3) is 0 Å². The van der Waals surface area contributed by atoms with Crippen molar-refractivity contribution in [1.82, 2.24) is 0 Å². The van der Waals surface area contributed by atoms with Crippen molar-refractivity contribution >= 4 is 17.9 Å². The number of hydrogen-bond acceptors (Lipinski definition) is 6. The van der Waals surface area contributed by atoms with Gasteiger partial charge < -0.3 is 14.2 Å². The molecule has 302 valence electrons. The number of unbranched alkanes of at least 4 members (excludes halogenated alkanes) is 30. The lowest BCUT2D eigenvalue weighted by Crippen LogP contribution is -2.30. The molecule has 1 atom stereocenters. The van der Waals surface area contributed by atoms with Crippen LogP contribution in [0.1, 0.15) is 252 Å². The van der Waals surface area contributed by atoms with Crippen LogP contribution in [-0.2, 0) is 28.6 Å². The van der Waals surface area contributed by atoms with E-state index >= 15 is 0 Å². The largest absolute Gasteiger partial charge is 0.462 e. The van der Waals surface area contributed by atoms with E-state index in [-0.39, 0.29) is 31.1 Å². The predicted molar refractivity (Wildman–Crippen MR) is 215 cm³/mol. The van der Waals surface area contributed by atoms with Gasteiger partial charge in [-0.05, 0) is 19.3 Å². The summed E-state index contributed by atoms with van der Waals surface area (Å²) >= 11 is 0. The number of hydrogen-bond donors (Lipinski definition) is 0. The molecule has 0 unspecified atom stereocenters. The Morgan fingerprint density at radius 3 is 0.784 bits per heavy atom. The molecule has 0 aliphatic rings. The fourth-order valence-corrected chi connectivity index (χ4v) is 6.68. The molecule has 0 spiro atoms. The Morgan fingerprint density at radius 1 is 0.314 bits per heavy atom. The molecule has 0 saturated carbocycles. The number of esters is 3. The van der Waals surface area contributed by atoms with Crippen LogP contribution in [0.2, 0.25) is 0 Å². The summed E-state index contributed by atoms with van der Waals surface area (Å²) < 4.78 is 16.6. The summed E-state index contributed by atoms with van der Waals surface area (Å²) in [6, 6.07) is 0. The van der Waals surface area contributed by atoms with Gasteiger partial charge in [0, 0.05) is 19.3 Å². The molecule has 0 radical (unpaired) electrons. The number of carbonyl (C=O) groups excluding carboxylic acids is 3. The molecule has 0 aliphatic carbocycles. The molecule has 0 aromatic heterocycles. The van der Waals surface area contributed by atoms with E-state index < -0.39 is 6.10 Å². The summed E-state index contributed by atoms with van der Waals surface area (Å²) in [6.45, 7) is 6.55. The fourth-order valence-electron chi connectivity index (χ4n) is 6.68. The lowest BCUT2D eigenvalue weighted by molar-refractivity contribution is -0.167. The van der Waals surface area contributed by atoms with Crippen molar-refractivity contribution in [2.24, 2.45) is 0 Å². The van der Waals surface area contributed by atoms with E-state index in [0.29, 0.717) is 19.3 Å². The van der Waals surface area contributed by atoms with Crippen molar-refractivity contribution in [3.8, 4) is 0 Å². The number of ether oxygens (including phenoxy) is 3. The lowest BCUT2D eigenvalue weighted by Gasteiger charge is -2.18.